The van der Waals surface area contributed by atoms with Crippen molar-refractivity contribution in [1.29, 1.82) is 0 Å². The normalized spacial score (nSPS) is 19.4. The fraction of sp³-hybridized carbons (Fsp3) is 0.458. The summed E-state index contributed by atoms with van der Waals surface area (Å²) in [5.41, 5.74) is 10.9. The summed E-state index contributed by atoms with van der Waals surface area (Å²) < 4.78 is 12.3. The van der Waals surface area contributed by atoms with Gasteiger partial charge in [-0.25, -0.2) is 4.98 Å². The van der Waals surface area contributed by atoms with Crippen molar-refractivity contribution >= 4 is 23.6 Å². The number of aromatic amines is 1. The summed E-state index contributed by atoms with van der Waals surface area (Å²) in [4.78, 5) is 8.10. The number of hydrogen-bond donors (Lipinski definition) is 2. The predicted molar refractivity (Wildman–Crippen MR) is 124 cm³/mol. The lowest BCUT2D eigenvalue weighted by Crippen LogP contribution is -2.41. The van der Waals surface area contributed by atoms with Crippen LogP contribution >= 0.6 is 0 Å². The van der Waals surface area contributed by atoms with Crippen molar-refractivity contribution in [3.8, 4) is 11.1 Å². The summed E-state index contributed by atoms with van der Waals surface area (Å²) in [5.74, 6) is 0.825. The van der Waals surface area contributed by atoms with E-state index in [9.17, 15) is 0 Å². The molecule has 0 spiro atoms. The number of hydrogen-bond acceptors (Lipinski definition) is 4. The maximum absolute atomic E-state index is 6.38. The van der Waals surface area contributed by atoms with E-state index in [2.05, 4.69) is 89.8 Å². The number of fused-ring (bicyclic) bond motifs is 1. The zero-order valence-corrected chi connectivity index (χ0v) is 19.0. The molecule has 0 aliphatic carbocycles. The van der Waals surface area contributed by atoms with E-state index in [0.717, 1.165) is 33.4 Å². The topological polar surface area (TPSA) is 73.2 Å². The maximum atomic E-state index is 6.38. The highest BCUT2D eigenvalue weighted by molar-refractivity contribution is 6.62. The van der Waals surface area contributed by atoms with Crippen LogP contribution in [-0.4, -0.2) is 28.3 Å². The Morgan fingerprint density at radius 1 is 0.933 bits per heavy atom. The van der Waals surface area contributed by atoms with Gasteiger partial charge in [0.25, 0.3) is 0 Å². The number of nitrogens with zero attached hydrogens (tertiary/aromatic N) is 1. The van der Waals surface area contributed by atoms with E-state index in [0.29, 0.717) is 0 Å². The number of nitrogens with one attached hydrogen (secondary N) is 1. The highest BCUT2D eigenvalue weighted by Gasteiger charge is 2.51. The molecule has 2 heterocycles. The molecule has 30 heavy (non-hydrogen) atoms. The molecule has 6 heteroatoms. The third-order valence-electron chi connectivity index (χ3n) is 6.50. The van der Waals surface area contributed by atoms with Gasteiger partial charge in [-0.1, -0.05) is 51.1 Å². The average molecular weight is 405 g/mol. The number of rotatable bonds is 3. The summed E-state index contributed by atoms with van der Waals surface area (Å²) in [6.07, 6.45) is 0. The van der Waals surface area contributed by atoms with Crippen LogP contribution in [0.2, 0.25) is 0 Å². The number of H-pyrrole nitrogens is 1. The van der Waals surface area contributed by atoms with E-state index < -0.39 is 0 Å². The van der Waals surface area contributed by atoms with Crippen molar-refractivity contribution in [3.05, 3.63) is 48.3 Å². The fourth-order valence-electron chi connectivity index (χ4n) is 3.58. The van der Waals surface area contributed by atoms with Gasteiger partial charge >= 0.3 is 7.12 Å². The van der Waals surface area contributed by atoms with Gasteiger partial charge in [-0.3, -0.25) is 0 Å². The zero-order valence-electron chi connectivity index (χ0n) is 19.0. The summed E-state index contributed by atoms with van der Waals surface area (Å²) >= 11 is 0. The third kappa shape index (κ3) is 3.68. The Hall–Kier alpha value is -2.15. The average Bonchev–Trinajstić information content (AvgIpc) is 3.17. The second-order valence-corrected chi connectivity index (χ2v) is 10.4. The minimum atomic E-state index is -0.347. The van der Waals surface area contributed by atoms with E-state index in [4.69, 9.17) is 20.0 Å². The molecule has 5 nitrogen and oxygen atoms in total. The molecule has 158 valence electrons. The van der Waals surface area contributed by atoms with E-state index in [-0.39, 0.29) is 29.8 Å². The Morgan fingerprint density at radius 3 is 2.07 bits per heavy atom. The van der Waals surface area contributed by atoms with Gasteiger partial charge in [0.05, 0.1) is 28.3 Å². The SMILES string of the molecule is CC(C)(C)[C@H](N)c1nc2ccc(-c3ccc(B4OC(C)(C)C(C)(C)O4)cc3)cc2[nH]1. The summed E-state index contributed by atoms with van der Waals surface area (Å²) in [7, 11) is -0.347. The highest BCUT2D eigenvalue weighted by Crippen LogP contribution is 2.36. The second-order valence-electron chi connectivity index (χ2n) is 10.4. The lowest BCUT2D eigenvalue weighted by Gasteiger charge is -2.32. The Morgan fingerprint density at radius 2 is 1.50 bits per heavy atom. The maximum Gasteiger partial charge on any atom is 0.494 e. The van der Waals surface area contributed by atoms with Crippen LogP contribution in [0.3, 0.4) is 0 Å². The highest BCUT2D eigenvalue weighted by atomic mass is 16.7. The molecular formula is C24H32BN3O2. The van der Waals surface area contributed by atoms with E-state index in [1.165, 1.54) is 0 Å². The van der Waals surface area contributed by atoms with Gasteiger partial charge in [0, 0.05) is 0 Å². The minimum absolute atomic E-state index is 0.0555. The number of imidazole rings is 1. The van der Waals surface area contributed by atoms with Crippen LogP contribution in [0.4, 0.5) is 0 Å². The van der Waals surface area contributed by atoms with Crippen molar-refractivity contribution in [2.45, 2.75) is 65.7 Å². The Kier molecular flexibility index (Phi) is 4.88. The molecular weight excluding hydrogens is 373 g/mol. The van der Waals surface area contributed by atoms with E-state index in [1.54, 1.807) is 0 Å². The number of benzene rings is 2. The first-order chi connectivity index (χ1) is 13.9. The van der Waals surface area contributed by atoms with Crippen LogP contribution in [0.15, 0.2) is 42.5 Å². The fourth-order valence-corrected chi connectivity index (χ4v) is 3.58. The van der Waals surface area contributed by atoms with E-state index in [1.807, 2.05) is 6.07 Å². The summed E-state index contributed by atoms with van der Waals surface area (Å²) in [6.45, 7) is 14.6. The van der Waals surface area contributed by atoms with Crippen molar-refractivity contribution in [2.24, 2.45) is 11.1 Å². The minimum Gasteiger partial charge on any atom is -0.399 e. The van der Waals surface area contributed by atoms with Crippen LogP contribution in [0.1, 0.15) is 60.3 Å². The molecule has 0 radical (unpaired) electrons. The lowest BCUT2D eigenvalue weighted by atomic mass is 9.78. The van der Waals surface area contributed by atoms with Crippen molar-refractivity contribution < 1.29 is 9.31 Å². The van der Waals surface area contributed by atoms with Crippen LogP contribution in [-0.2, 0) is 9.31 Å². The van der Waals surface area contributed by atoms with Gasteiger partial charge in [-0.15, -0.1) is 0 Å². The molecule has 1 aliphatic rings. The first kappa shape index (κ1) is 21.1. The largest absolute Gasteiger partial charge is 0.494 e. The Balaban J connectivity index is 1.59. The summed E-state index contributed by atoms with van der Waals surface area (Å²) in [6, 6.07) is 14.5. The van der Waals surface area contributed by atoms with Crippen molar-refractivity contribution in [2.75, 3.05) is 0 Å². The van der Waals surface area contributed by atoms with Crippen molar-refractivity contribution in [1.82, 2.24) is 9.97 Å². The standard InChI is InChI=1S/C24H32BN3O2/c1-22(2,3)20(26)21-27-18-13-10-16(14-19(18)28-21)15-8-11-17(12-9-15)25-29-23(4,5)24(6,7)30-25/h8-14,20H,26H2,1-7H3,(H,27,28)/t20-/m1/s1. The molecule has 1 atom stereocenters. The molecule has 1 aromatic heterocycles. The molecule has 0 amide bonds. The first-order valence-electron chi connectivity index (χ1n) is 10.6. The number of nitrogens with two attached hydrogens (primary N) is 1. The van der Waals surface area contributed by atoms with Crippen LogP contribution in [0, 0.1) is 5.41 Å². The Labute approximate surface area is 179 Å². The molecule has 1 saturated heterocycles. The molecule has 0 saturated carbocycles. The van der Waals surface area contributed by atoms with Gasteiger partial charge in [-0.2, -0.15) is 0 Å². The van der Waals surface area contributed by atoms with Gasteiger partial charge in [0.15, 0.2) is 0 Å². The molecule has 2 aromatic carbocycles. The molecule has 1 aliphatic heterocycles. The molecule has 3 N–H and O–H groups in total. The van der Waals surface area contributed by atoms with Crippen LogP contribution in [0.5, 0.6) is 0 Å². The van der Waals surface area contributed by atoms with Gasteiger partial charge < -0.3 is 20.0 Å². The molecule has 1 fully saturated rings. The second kappa shape index (κ2) is 6.94. The molecule has 4 rings (SSSR count). The first-order valence-corrected chi connectivity index (χ1v) is 10.6. The lowest BCUT2D eigenvalue weighted by molar-refractivity contribution is 0.00578. The van der Waals surface area contributed by atoms with Gasteiger partial charge in [-0.05, 0) is 61.8 Å². The molecule has 0 bridgehead atoms. The van der Waals surface area contributed by atoms with Crippen molar-refractivity contribution in [3.63, 3.8) is 0 Å². The van der Waals surface area contributed by atoms with Gasteiger partial charge in [0.1, 0.15) is 5.82 Å². The zero-order chi connectivity index (χ0) is 21.9. The molecule has 3 aromatic rings. The smallest absolute Gasteiger partial charge is 0.399 e. The third-order valence-corrected chi connectivity index (χ3v) is 6.50. The quantitative estimate of drug-likeness (QED) is 0.626. The number of aromatic nitrogens is 2. The Bertz CT molecular complexity index is 1050. The predicted octanol–water partition coefficient (Wildman–Crippen LogP) is 4.58. The van der Waals surface area contributed by atoms with E-state index >= 15 is 0 Å². The monoisotopic (exact) mass is 405 g/mol. The van der Waals surface area contributed by atoms with Crippen LogP contribution in [0.25, 0.3) is 22.2 Å². The summed E-state index contributed by atoms with van der Waals surface area (Å²) in [5, 5.41) is 0. The van der Waals surface area contributed by atoms with Gasteiger partial charge in [0.2, 0.25) is 0 Å². The van der Waals surface area contributed by atoms with Crippen LogP contribution < -0.4 is 11.2 Å². The molecule has 0 unspecified atom stereocenters.